The van der Waals surface area contributed by atoms with Crippen LogP contribution in [-0.2, 0) is 33.8 Å². The number of methoxy groups -OCH3 is 1. The fraction of sp³-hybridized carbons (Fsp3) is 0.471. The van der Waals surface area contributed by atoms with E-state index >= 15 is 0 Å². The van der Waals surface area contributed by atoms with Gasteiger partial charge in [0.15, 0.2) is 0 Å². The zero-order valence-electron chi connectivity index (χ0n) is 25.3. The summed E-state index contributed by atoms with van der Waals surface area (Å²) >= 11 is 0. The number of hydrogen-bond acceptors (Lipinski definition) is 7. The van der Waals surface area contributed by atoms with Gasteiger partial charge in [-0.3, -0.25) is 4.79 Å². The fourth-order valence-corrected chi connectivity index (χ4v) is 5.92. The highest BCUT2D eigenvalue weighted by atomic mass is 16.6. The molecule has 1 saturated heterocycles. The second-order valence-corrected chi connectivity index (χ2v) is 12.2. The van der Waals surface area contributed by atoms with E-state index in [1.165, 1.54) is 22.3 Å². The molecule has 0 spiro atoms. The number of benzene rings is 2. The Morgan fingerprint density at radius 2 is 1.90 bits per heavy atom. The number of ether oxygens (including phenoxy) is 3. The van der Waals surface area contributed by atoms with Crippen LogP contribution in [0.3, 0.4) is 0 Å². The molecule has 7 heteroatoms. The van der Waals surface area contributed by atoms with Gasteiger partial charge in [0.2, 0.25) is 0 Å². The van der Waals surface area contributed by atoms with Gasteiger partial charge < -0.3 is 24.4 Å². The molecule has 7 nitrogen and oxygen atoms in total. The minimum atomic E-state index is -0.522. The van der Waals surface area contributed by atoms with Crippen LogP contribution in [0.4, 0.5) is 5.82 Å². The van der Waals surface area contributed by atoms with E-state index in [1.54, 1.807) is 7.11 Å². The molecule has 2 aliphatic rings. The molecule has 3 aromatic rings. The van der Waals surface area contributed by atoms with Crippen LogP contribution in [0.2, 0.25) is 0 Å². The summed E-state index contributed by atoms with van der Waals surface area (Å²) in [5.41, 5.74) is 7.78. The van der Waals surface area contributed by atoms with Crippen molar-refractivity contribution in [2.24, 2.45) is 5.92 Å². The van der Waals surface area contributed by atoms with Gasteiger partial charge in [0.05, 0.1) is 17.7 Å². The van der Waals surface area contributed by atoms with Crippen molar-refractivity contribution in [2.75, 3.05) is 31.6 Å². The lowest BCUT2D eigenvalue weighted by Crippen LogP contribution is -2.49. The van der Waals surface area contributed by atoms with Gasteiger partial charge in [-0.15, -0.1) is 0 Å². The zero-order valence-corrected chi connectivity index (χ0v) is 25.3. The Morgan fingerprint density at radius 1 is 1.10 bits per heavy atom. The van der Waals surface area contributed by atoms with Crippen LogP contribution in [0.1, 0.15) is 55.0 Å². The Balaban J connectivity index is 1.35. The van der Waals surface area contributed by atoms with Crippen molar-refractivity contribution in [1.82, 2.24) is 10.3 Å². The van der Waals surface area contributed by atoms with Crippen molar-refractivity contribution in [3.05, 3.63) is 76.3 Å². The average molecular weight is 558 g/mol. The summed E-state index contributed by atoms with van der Waals surface area (Å²) in [6.45, 7) is 13.7. The van der Waals surface area contributed by atoms with Gasteiger partial charge in [0.25, 0.3) is 0 Å². The van der Waals surface area contributed by atoms with E-state index in [2.05, 4.69) is 54.4 Å². The maximum absolute atomic E-state index is 12.8. The molecule has 41 heavy (non-hydrogen) atoms. The maximum Gasteiger partial charge on any atom is 0.312 e. The van der Waals surface area contributed by atoms with Gasteiger partial charge in [-0.05, 0) is 100 Å². The number of aryl methyl sites for hydroxylation is 1. The normalized spacial score (nSPS) is 19.0. The summed E-state index contributed by atoms with van der Waals surface area (Å²) in [6.07, 6.45) is 1.44. The summed E-state index contributed by atoms with van der Waals surface area (Å²) in [5, 5.41) is 3.46. The Morgan fingerprint density at radius 3 is 2.68 bits per heavy atom. The third kappa shape index (κ3) is 6.57. The second-order valence-electron chi connectivity index (χ2n) is 12.2. The smallest absolute Gasteiger partial charge is 0.312 e. The van der Waals surface area contributed by atoms with Gasteiger partial charge in [-0.25, -0.2) is 4.98 Å². The van der Waals surface area contributed by atoms with Crippen LogP contribution in [0.15, 0.2) is 48.5 Å². The van der Waals surface area contributed by atoms with Gasteiger partial charge in [0, 0.05) is 32.3 Å². The standard InChI is InChI=1S/C34H43N3O4/c1-22-9-7-10-27(32(22)40-21-25-14-13-24-19-35-17-15-26(24)23(25)2)29-11-8-12-31(36-29)37-18-16-28(30(20-37)39-6)33(38)41-34(3,4)5/h7-14,28,30,35H,15-21H2,1-6H3/t28-,30+/m0/s1. The fourth-order valence-electron chi connectivity index (χ4n) is 5.92. The lowest BCUT2D eigenvalue weighted by Gasteiger charge is -2.38. The second kappa shape index (κ2) is 12.2. The molecule has 0 radical (unpaired) electrons. The molecule has 2 aromatic carbocycles. The molecule has 1 fully saturated rings. The van der Waals surface area contributed by atoms with Crippen LogP contribution in [0, 0.1) is 19.8 Å². The molecule has 3 heterocycles. The zero-order chi connectivity index (χ0) is 29.1. The molecule has 5 rings (SSSR count). The lowest BCUT2D eigenvalue weighted by molar-refractivity contribution is -0.165. The Kier molecular flexibility index (Phi) is 8.66. The first kappa shape index (κ1) is 29.1. The number of anilines is 1. The number of rotatable bonds is 7. The summed E-state index contributed by atoms with van der Waals surface area (Å²) in [4.78, 5) is 20.1. The Labute approximate surface area is 244 Å². The third-order valence-corrected chi connectivity index (χ3v) is 8.16. The highest BCUT2D eigenvalue weighted by Gasteiger charge is 2.37. The highest BCUT2D eigenvalue weighted by Crippen LogP contribution is 2.35. The van der Waals surface area contributed by atoms with Crippen molar-refractivity contribution in [3.63, 3.8) is 0 Å². The summed E-state index contributed by atoms with van der Waals surface area (Å²) in [7, 11) is 1.66. The topological polar surface area (TPSA) is 72.9 Å². The Hall–Kier alpha value is -3.42. The molecular formula is C34H43N3O4. The van der Waals surface area contributed by atoms with Crippen molar-refractivity contribution in [1.29, 1.82) is 0 Å². The minimum Gasteiger partial charge on any atom is -0.488 e. The van der Waals surface area contributed by atoms with E-state index in [1.807, 2.05) is 39.0 Å². The molecule has 2 atom stereocenters. The molecule has 0 saturated carbocycles. The molecule has 0 unspecified atom stereocenters. The number of aromatic nitrogens is 1. The predicted molar refractivity (Wildman–Crippen MR) is 162 cm³/mol. The number of nitrogens with zero attached hydrogens (tertiary/aromatic N) is 2. The summed E-state index contributed by atoms with van der Waals surface area (Å²) in [6, 6.07) is 16.7. The SMILES string of the molecule is CO[C@@H]1CN(c2cccc(-c3cccc(C)c3OCc3ccc4c(c3C)CCNC4)n2)CC[C@@H]1C(=O)OC(C)(C)C. The molecule has 0 amide bonds. The lowest BCUT2D eigenvalue weighted by atomic mass is 9.93. The van der Waals surface area contributed by atoms with Crippen LogP contribution in [0.25, 0.3) is 11.3 Å². The monoisotopic (exact) mass is 557 g/mol. The van der Waals surface area contributed by atoms with Gasteiger partial charge >= 0.3 is 5.97 Å². The number of fused-ring (bicyclic) bond motifs is 1. The van der Waals surface area contributed by atoms with Crippen LogP contribution >= 0.6 is 0 Å². The van der Waals surface area contributed by atoms with Crippen LogP contribution in [-0.4, -0.2) is 49.4 Å². The number of carbonyl (C=O) groups is 1. The number of esters is 1. The molecule has 0 bridgehead atoms. The molecule has 1 N–H and O–H groups in total. The van der Waals surface area contributed by atoms with Crippen molar-refractivity contribution < 1.29 is 19.0 Å². The molecule has 1 aromatic heterocycles. The van der Waals surface area contributed by atoms with Gasteiger partial charge in [0.1, 0.15) is 23.8 Å². The Bertz CT molecular complexity index is 1400. The highest BCUT2D eigenvalue weighted by molar-refractivity contribution is 5.74. The van der Waals surface area contributed by atoms with Crippen LogP contribution < -0.4 is 15.0 Å². The molecule has 0 aliphatic carbocycles. The van der Waals surface area contributed by atoms with E-state index < -0.39 is 5.60 Å². The minimum absolute atomic E-state index is 0.196. The van der Waals surface area contributed by atoms with E-state index in [0.717, 1.165) is 47.9 Å². The number of hydrogen-bond donors (Lipinski definition) is 1. The first-order chi connectivity index (χ1) is 19.6. The molecular weight excluding hydrogens is 514 g/mol. The summed E-state index contributed by atoms with van der Waals surface area (Å²) in [5.74, 6) is 1.23. The first-order valence-corrected chi connectivity index (χ1v) is 14.7. The number of nitrogens with one attached hydrogen (secondary N) is 1. The van der Waals surface area contributed by atoms with E-state index in [-0.39, 0.29) is 18.0 Å². The predicted octanol–water partition coefficient (Wildman–Crippen LogP) is 5.77. The molecule has 2 aliphatic heterocycles. The summed E-state index contributed by atoms with van der Waals surface area (Å²) < 4.78 is 18.0. The van der Waals surface area contributed by atoms with Crippen molar-refractivity contribution in [2.45, 2.75) is 72.3 Å². The largest absolute Gasteiger partial charge is 0.488 e. The molecule has 218 valence electrons. The third-order valence-electron chi connectivity index (χ3n) is 8.16. The number of para-hydroxylation sites is 1. The number of carbonyl (C=O) groups excluding carboxylic acids is 1. The maximum atomic E-state index is 12.8. The number of piperidine rings is 1. The first-order valence-electron chi connectivity index (χ1n) is 14.7. The van der Waals surface area contributed by atoms with Gasteiger partial charge in [-0.2, -0.15) is 0 Å². The van der Waals surface area contributed by atoms with Crippen molar-refractivity contribution >= 4 is 11.8 Å². The number of pyridine rings is 1. The van der Waals surface area contributed by atoms with E-state index in [9.17, 15) is 4.79 Å². The van der Waals surface area contributed by atoms with Gasteiger partial charge in [-0.1, -0.05) is 30.3 Å². The quantitative estimate of drug-likeness (QED) is 0.370. The van der Waals surface area contributed by atoms with E-state index in [0.29, 0.717) is 26.1 Å². The van der Waals surface area contributed by atoms with E-state index in [4.69, 9.17) is 19.2 Å². The average Bonchev–Trinajstić information content (AvgIpc) is 2.96. The van der Waals surface area contributed by atoms with Crippen molar-refractivity contribution in [3.8, 4) is 17.0 Å². The van der Waals surface area contributed by atoms with Crippen LogP contribution in [0.5, 0.6) is 5.75 Å².